The smallest absolute Gasteiger partial charge is 0.343 e. The lowest BCUT2D eigenvalue weighted by molar-refractivity contribution is -0.142. The van der Waals surface area contributed by atoms with Gasteiger partial charge in [0, 0.05) is 29.4 Å². The molecule has 1 aromatic heterocycles. The van der Waals surface area contributed by atoms with Crippen molar-refractivity contribution in [1.82, 2.24) is 4.98 Å². The van der Waals surface area contributed by atoms with Crippen molar-refractivity contribution in [3.63, 3.8) is 0 Å². The fraction of sp³-hybridized carbons (Fsp3) is 0.391. The summed E-state index contributed by atoms with van der Waals surface area (Å²) in [7, 11) is 1.24. The predicted molar refractivity (Wildman–Crippen MR) is 109 cm³/mol. The number of carbonyl (C=O) groups is 1. The first-order chi connectivity index (χ1) is 14.5. The summed E-state index contributed by atoms with van der Waals surface area (Å²) in [5.41, 5.74) is 2.70. The zero-order chi connectivity index (χ0) is 21.1. The molecular weight excluding hydrogens is 389 g/mol. The molecule has 6 nitrogen and oxygen atoms in total. The highest BCUT2D eigenvalue weighted by Crippen LogP contribution is 2.38. The second-order valence-corrected chi connectivity index (χ2v) is 7.64. The first-order valence-electron chi connectivity index (χ1n) is 10.1. The van der Waals surface area contributed by atoms with Crippen molar-refractivity contribution in [2.75, 3.05) is 26.9 Å². The highest BCUT2D eigenvalue weighted by molar-refractivity contribution is 5.78. The summed E-state index contributed by atoms with van der Waals surface area (Å²) >= 11 is 0. The van der Waals surface area contributed by atoms with E-state index in [0.717, 1.165) is 30.4 Å². The molecule has 1 saturated carbocycles. The molecule has 0 amide bonds. The highest BCUT2D eigenvalue weighted by Gasteiger charge is 2.26. The summed E-state index contributed by atoms with van der Waals surface area (Å²) in [4.78, 5) is 26.8. The van der Waals surface area contributed by atoms with Crippen LogP contribution in [0.25, 0.3) is 5.57 Å². The summed E-state index contributed by atoms with van der Waals surface area (Å²) in [6, 6.07) is 8.29. The Morgan fingerprint density at radius 1 is 1.27 bits per heavy atom. The SMILES string of the molecule is COC(=O)COc1ccc(/C(=C\C2CCOC2)c2ccc(C3CC3)c(=O)[nH]2)cc1F. The van der Waals surface area contributed by atoms with E-state index in [1.54, 1.807) is 6.07 Å². The summed E-state index contributed by atoms with van der Waals surface area (Å²) in [5, 5.41) is 0. The van der Waals surface area contributed by atoms with E-state index < -0.39 is 11.8 Å². The summed E-state index contributed by atoms with van der Waals surface area (Å²) < 4.78 is 29.8. The van der Waals surface area contributed by atoms with Crippen LogP contribution in [0.15, 0.2) is 41.2 Å². The minimum Gasteiger partial charge on any atom is -0.479 e. The van der Waals surface area contributed by atoms with Gasteiger partial charge in [-0.15, -0.1) is 0 Å². The number of benzene rings is 1. The third-order valence-electron chi connectivity index (χ3n) is 5.43. The van der Waals surface area contributed by atoms with Crippen molar-refractivity contribution in [3.05, 3.63) is 69.4 Å². The van der Waals surface area contributed by atoms with Crippen LogP contribution in [-0.2, 0) is 14.3 Å². The van der Waals surface area contributed by atoms with Gasteiger partial charge >= 0.3 is 5.97 Å². The quantitative estimate of drug-likeness (QED) is 0.704. The van der Waals surface area contributed by atoms with Gasteiger partial charge in [-0.25, -0.2) is 9.18 Å². The van der Waals surface area contributed by atoms with E-state index >= 15 is 0 Å². The van der Waals surface area contributed by atoms with E-state index in [0.29, 0.717) is 30.4 Å². The van der Waals surface area contributed by atoms with Gasteiger partial charge in [0.05, 0.1) is 13.7 Å². The van der Waals surface area contributed by atoms with Crippen LogP contribution >= 0.6 is 0 Å². The van der Waals surface area contributed by atoms with E-state index in [-0.39, 0.29) is 23.8 Å². The molecule has 1 aliphatic carbocycles. The van der Waals surface area contributed by atoms with Gasteiger partial charge in [0.1, 0.15) is 0 Å². The molecule has 1 saturated heterocycles. The number of H-pyrrole nitrogens is 1. The standard InChI is InChI=1S/C23H24FNO5/c1-28-22(26)13-30-21-7-4-16(11-19(21)24)18(10-14-8-9-29-12-14)20-6-5-17(15-2-3-15)23(27)25-20/h4-7,10-11,14-15H,2-3,8-9,12-13H2,1H3,(H,25,27)/b18-10+. The van der Waals surface area contributed by atoms with Crippen LogP contribution < -0.4 is 10.3 Å². The average molecular weight is 413 g/mol. The number of hydrogen-bond donors (Lipinski definition) is 1. The number of nitrogens with one attached hydrogen (secondary N) is 1. The Balaban J connectivity index is 1.66. The minimum atomic E-state index is -0.595. The van der Waals surface area contributed by atoms with E-state index in [1.165, 1.54) is 19.2 Å². The summed E-state index contributed by atoms with van der Waals surface area (Å²) in [5.74, 6) is -0.687. The maximum Gasteiger partial charge on any atom is 0.343 e. The van der Waals surface area contributed by atoms with Crippen molar-refractivity contribution in [1.29, 1.82) is 0 Å². The minimum absolute atomic E-state index is 0.0368. The molecule has 1 N–H and O–H groups in total. The van der Waals surface area contributed by atoms with Gasteiger partial charge in [-0.1, -0.05) is 18.2 Å². The second-order valence-electron chi connectivity index (χ2n) is 7.64. The molecule has 158 valence electrons. The highest BCUT2D eigenvalue weighted by atomic mass is 19.1. The zero-order valence-electron chi connectivity index (χ0n) is 16.8. The van der Waals surface area contributed by atoms with Crippen LogP contribution in [0.3, 0.4) is 0 Å². The van der Waals surface area contributed by atoms with Crippen LogP contribution in [0.2, 0.25) is 0 Å². The Hall–Kier alpha value is -2.93. The molecule has 0 bridgehead atoms. The second kappa shape index (κ2) is 8.83. The lowest BCUT2D eigenvalue weighted by Crippen LogP contribution is -2.14. The van der Waals surface area contributed by atoms with Crippen LogP contribution in [-0.4, -0.2) is 37.9 Å². The topological polar surface area (TPSA) is 77.6 Å². The van der Waals surface area contributed by atoms with Crippen LogP contribution in [0, 0.1) is 11.7 Å². The number of ether oxygens (including phenoxy) is 3. The summed E-state index contributed by atoms with van der Waals surface area (Å²) in [6.07, 6.45) is 4.99. The molecule has 2 heterocycles. The molecule has 1 unspecified atom stereocenters. The molecule has 0 radical (unpaired) electrons. The van der Waals surface area contributed by atoms with Crippen LogP contribution in [0.1, 0.15) is 42.0 Å². The van der Waals surface area contributed by atoms with Crippen molar-refractivity contribution in [2.24, 2.45) is 5.92 Å². The molecule has 7 heteroatoms. The molecule has 1 aromatic carbocycles. The Morgan fingerprint density at radius 3 is 2.73 bits per heavy atom. The van der Waals surface area contributed by atoms with E-state index in [4.69, 9.17) is 9.47 Å². The lowest BCUT2D eigenvalue weighted by atomic mass is 9.95. The van der Waals surface area contributed by atoms with Gasteiger partial charge in [0.25, 0.3) is 5.56 Å². The van der Waals surface area contributed by atoms with Crippen molar-refractivity contribution in [3.8, 4) is 5.75 Å². The normalized spacial score (nSPS) is 19.0. The maximum absolute atomic E-state index is 14.7. The third-order valence-corrected chi connectivity index (χ3v) is 5.43. The lowest BCUT2D eigenvalue weighted by Gasteiger charge is -2.13. The molecule has 2 aromatic rings. The Morgan fingerprint density at radius 2 is 2.10 bits per heavy atom. The van der Waals surface area contributed by atoms with Crippen molar-refractivity contribution >= 4 is 11.5 Å². The fourth-order valence-electron chi connectivity index (χ4n) is 3.60. The Bertz CT molecular complexity index is 1020. The van der Waals surface area contributed by atoms with Gasteiger partial charge < -0.3 is 19.2 Å². The molecule has 2 fully saturated rings. The predicted octanol–water partition coefficient (Wildman–Crippen LogP) is 3.41. The van der Waals surface area contributed by atoms with E-state index in [2.05, 4.69) is 9.72 Å². The van der Waals surface area contributed by atoms with Gasteiger partial charge in [-0.05, 0) is 48.9 Å². The number of halogens is 1. The number of aromatic amines is 1. The number of esters is 1. The first-order valence-corrected chi connectivity index (χ1v) is 10.1. The number of carbonyl (C=O) groups excluding carboxylic acids is 1. The molecule has 1 aliphatic heterocycles. The maximum atomic E-state index is 14.7. The average Bonchev–Trinajstić information content (AvgIpc) is 3.45. The number of aromatic nitrogens is 1. The Kier molecular flexibility index (Phi) is 5.99. The molecule has 30 heavy (non-hydrogen) atoms. The largest absolute Gasteiger partial charge is 0.479 e. The van der Waals surface area contributed by atoms with Gasteiger partial charge in [0.15, 0.2) is 18.2 Å². The van der Waals surface area contributed by atoms with E-state index in [1.807, 2.05) is 18.2 Å². The van der Waals surface area contributed by atoms with Crippen LogP contribution in [0.5, 0.6) is 5.75 Å². The molecular formula is C23H24FNO5. The zero-order valence-corrected chi connectivity index (χ0v) is 16.8. The monoisotopic (exact) mass is 413 g/mol. The molecule has 0 spiro atoms. The van der Waals surface area contributed by atoms with Crippen LogP contribution in [0.4, 0.5) is 4.39 Å². The van der Waals surface area contributed by atoms with Gasteiger partial charge in [-0.3, -0.25) is 4.79 Å². The van der Waals surface area contributed by atoms with Crippen molar-refractivity contribution < 1.29 is 23.4 Å². The van der Waals surface area contributed by atoms with Gasteiger partial charge in [-0.2, -0.15) is 0 Å². The summed E-state index contributed by atoms with van der Waals surface area (Å²) in [6.45, 7) is 0.905. The first kappa shape index (κ1) is 20.3. The third kappa shape index (κ3) is 4.62. The number of hydrogen-bond acceptors (Lipinski definition) is 5. The number of pyridine rings is 1. The van der Waals surface area contributed by atoms with Gasteiger partial charge in [0.2, 0.25) is 0 Å². The molecule has 1 atom stereocenters. The fourth-order valence-corrected chi connectivity index (χ4v) is 3.60. The number of methoxy groups -OCH3 is 1. The number of rotatable bonds is 7. The van der Waals surface area contributed by atoms with E-state index in [9.17, 15) is 14.0 Å². The van der Waals surface area contributed by atoms with Crippen molar-refractivity contribution in [2.45, 2.75) is 25.2 Å². The molecule has 4 rings (SSSR count). The molecule has 2 aliphatic rings. The Labute approximate surface area is 173 Å².